The maximum absolute atomic E-state index is 2.42. The van der Waals surface area contributed by atoms with Crippen molar-refractivity contribution in [3.63, 3.8) is 0 Å². The molecule has 3 aromatic carbocycles. The number of hydrogen-bond acceptors (Lipinski definition) is 0. The van der Waals surface area contributed by atoms with Crippen LogP contribution in [0.1, 0.15) is 20.3 Å². The first kappa shape index (κ1) is 18.9. The van der Waals surface area contributed by atoms with E-state index in [1.807, 2.05) is 0 Å². The molecule has 0 heterocycles. The Morgan fingerprint density at radius 3 is 1.17 bits per heavy atom. The molecule has 24 heavy (non-hydrogen) atoms. The number of halogens is 1. The molecule has 0 aliphatic heterocycles. The standard InChI is InChI=1S/C22H24P.BrH/c1-3-19(2)23(20-13-7-4-8-14-20,21-15-9-5-10-16-21)22-17-11-6-12-18-22;/h4-19H,3H2,1-2H3;1H/q+1;/p-1. The minimum atomic E-state index is -1.64. The molecule has 0 aliphatic rings. The Bertz CT molecular complexity index is 629. The normalized spacial score (nSPS) is 12.2. The zero-order valence-corrected chi connectivity index (χ0v) is 16.8. The highest BCUT2D eigenvalue weighted by Gasteiger charge is 2.49. The lowest BCUT2D eigenvalue weighted by Gasteiger charge is -2.32. The fourth-order valence-electron chi connectivity index (χ4n) is 3.47. The van der Waals surface area contributed by atoms with E-state index in [1.165, 1.54) is 22.3 Å². The first-order valence-corrected chi connectivity index (χ1v) is 10.2. The van der Waals surface area contributed by atoms with Crippen LogP contribution in [-0.2, 0) is 0 Å². The lowest BCUT2D eigenvalue weighted by Crippen LogP contribution is -3.00. The van der Waals surface area contributed by atoms with Gasteiger partial charge in [-0.2, -0.15) is 0 Å². The third-order valence-corrected chi connectivity index (χ3v) is 9.77. The smallest absolute Gasteiger partial charge is 0.114 e. The number of benzene rings is 3. The minimum absolute atomic E-state index is 0. The lowest BCUT2D eigenvalue weighted by molar-refractivity contribution is -0.00000457. The van der Waals surface area contributed by atoms with E-state index in [-0.39, 0.29) is 17.0 Å². The maximum atomic E-state index is 2.42. The molecule has 0 saturated carbocycles. The first-order chi connectivity index (χ1) is 11.3. The minimum Gasteiger partial charge on any atom is -1.00 e. The van der Waals surface area contributed by atoms with Crippen LogP contribution in [-0.4, -0.2) is 5.66 Å². The van der Waals surface area contributed by atoms with E-state index in [0.717, 1.165) is 0 Å². The van der Waals surface area contributed by atoms with Crippen LogP contribution >= 0.6 is 7.26 Å². The summed E-state index contributed by atoms with van der Waals surface area (Å²) < 4.78 is 0. The first-order valence-electron chi connectivity index (χ1n) is 8.35. The summed E-state index contributed by atoms with van der Waals surface area (Å²) in [6, 6.07) is 33.3. The summed E-state index contributed by atoms with van der Waals surface area (Å²) in [5.74, 6) is 0. The van der Waals surface area contributed by atoms with E-state index in [1.54, 1.807) is 0 Å². The summed E-state index contributed by atoms with van der Waals surface area (Å²) in [6.45, 7) is 4.73. The van der Waals surface area contributed by atoms with Crippen molar-refractivity contribution < 1.29 is 17.0 Å². The van der Waals surface area contributed by atoms with Crippen molar-refractivity contribution in [2.45, 2.75) is 25.9 Å². The highest BCUT2D eigenvalue weighted by Crippen LogP contribution is 2.60. The van der Waals surface area contributed by atoms with Gasteiger partial charge in [-0.1, -0.05) is 61.5 Å². The fourth-order valence-corrected chi connectivity index (χ4v) is 8.37. The predicted octanol–water partition coefficient (Wildman–Crippen LogP) is 1.78. The van der Waals surface area contributed by atoms with Gasteiger partial charge in [-0.3, -0.25) is 0 Å². The molecule has 1 unspecified atom stereocenters. The fraction of sp³-hybridized carbons (Fsp3) is 0.182. The summed E-state index contributed by atoms with van der Waals surface area (Å²) in [7, 11) is -1.64. The topological polar surface area (TPSA) is 0 Å². The van der Waals surface area contributed by atoms with Gasteiger partial charge in [0.05, 0.1) is 5.66 Å². The summed E-state index contributed by atoms with van der Waals surface area (Å²) in [5.41, 5.74) is 0.606. The van der Waals surface area contributed by atoms with Gasteiger partial charge in [0.25, 0.3) is 0 Å². The van der Waals surface area contributed by atoms with Gasteiger partial charge in [0.2, 0.25) is 0 Å². The molecule has 0 spiro atoms. The summed E-state index contributed by atoms with van der Waals surface area (Å²) in [4.78, 5) is 0. The second-order valence-corrected chi connectivity index (χ2v) is 9.86. The average Bonchev–Trinajstić information content (AvgIpc) is 2.65. The van der Waals surface area contributed by atoms with E-state index >= 15 is 0 Å². The third-order valence-electron chi connectivity index (χ3n) is 4.74. The Morgan fingerprint density at radius 2 is 0.917 bits per heavy atom. The van der Waals surface area contributed by atoms with Gasteiger partial charge >= 0.3 is 0 Å². The summed E-state index contributed by atoms with van der Waals surface area (Å²) in [6.07, 6.45) is 1.17. The summed E-state index contributed by atoms with van der Waals surface area (Å²) >= 11 is 0. The van der Waals surface area contributed by atoms with Crippen molar-refractivity contribution in [1.82, 2.24) is 0 Å². The van der Waals surface area contributed by atoms with E-state index in [4.69, 9.17) is 0 Å². The highest BCUT2D eigenvalue weighted by atomic mass is 79.9. The zero-order chi connectivity index (χ0) is 16.1. The molecule has 124 valence electrons. The molecule has 0 fully saturated rings. The molecule has 0 amide bonds. The van der Waals surface area contributed by atoms with Crippen LogP contribution in [0.25, 0.3) is 0 Å². The molecule has 2 heteroatoms. The summed E-state index contributed by atoms with van der Waals surface area (Å²) in [5, 5.41) is 4.44. The lowest BCUT2D eigenvalue weighted by atomic mass is 10.3. The molecule has 0 N–H and O–H groups in total. The van der Waals surface area contributed by atoms with Crippen LogP contribution in [0, 0.1) is 0 Å². The van der Waals surface area contributed by atoms with Crippen LogP contribution in [0.5, 0.6) is 0 Å². The number of rotatable bonds is 5. The van der Waals surface area contributed by atoms with Crippen LogP contribution in [0.2, 0.25) is 0 Å². The zero-order valence-electron chi connectivity index (χ0n) is 14.3. The Morgan fingerprint density at radius 1 is 0.625 bits per heavy atom. The molecule has 0 radical (unpaired) electrons. The number of hydrogen-bond donors (Lipinski definition) is 0. The Labute approximate surface area is 157 Å². The van der Waals surface area contributed by atoms with Gasteiger partial charge < -0.3 is 17.0 Å². The van der Waals surface area contributed by atoms with Crippen LogP contribution < -0.4 is 32.9 Å². The predicted molar refractivity (Wildman–Crippen MR) is 105 cm³/mol. The Hall–Kier alpha value is -1.43. The maximum Gasteiger partial charge on any atom is 0.114 e. The van der Waals surface area contributed by atoms with E-state index in [2.05, 4.69) is 105 Å². The van der Waals surface area contributed by atoms with Crippen molar-refractivity contribution in [1.29, 1.82) is 0 Å². The molecule has 0 aromatic heterocycles. The van der Waals surface area contributed by atoms with E-state index < -0.39 is 7.26 Å². The van der Waals surface area contributed by atoms with E-state index in [0.29, 0.717) is 5.66 Å². The highest BCUT2D eigenvalue weighted by molar-refractivity contribution is 7.96. The Kier molecular flexibility index (Phi) is 6.78. The van der Waals surface area contributed by atoms with Crippen LogP contribution in [0.4, 0.5) is 0 Å². The van der Waals surface area contributed by atoms with Crippen molar-refractivity contribution in [2.75, 3.05) is 0 Å². The van der Waals surface area contributed by atoms with Crippen LogP contribution in [0.15, 0.2) is 91.0 Å². The molecule has 0 bridgehead atoms. The van der Waals surface area contributed by atoms with Gasteiger partial charge in [0, 0.05) is 0 Å². The molecular formula is C22H24BrP. The quantitative estimate of drug-likeness (QED) is 0.574. The largest absolute Gasteiger partial charge is 1.00 e. The van der Waals surface area contributed by atoms with Crippen molar-refractivity contribution >= 4 is 23.2 Å². The molecule has 0 aliphatic carbocycles. The van der Waals surface area contributed by atoms with Gasteiger partial charge in [-0.05, 0) is 49.7 Å². The van der Waals surface area contributed by atoms with Gasteiger partial charge in [0.15, 0.2) is 0 Å². The molecule has 0 nitrogen and oxygen atoms in total. The molecule has 3 aromatic rings. The molecule has 3 rings (SSSR count). The van der Waals surface area contributed by atoms with Gasteiger partial charge in [-0.25, -0.2) is 0 Å². The Balaban J connectivity index is 0.00000208. The van der Waals surface area contributed by atoms with E-state index in [9.17, 15) is 0 Å². The third kappa shape index (κ3) is 3.34. The monoisotopic (exact) mass is 398 g/mol. The van der Waals surface area contributed by atoms with Crippen molar-refractivity contribution in [3.05, 3.63) is 91.0 Å². The second kappa shape index (κ2) is 8.60. The second-order valence-electron chi connectivity index (χ2n) is 5.99. The van der Waals surface area contributed by atoms with Gasteiger partial charge in [-0.15, -0.1) is 0 Å². The molecule has 1 atom stereocenters. The average molecular weight is 399 g/mol. The van der Waals surface area contributed by atoms with Crippen molar-refractivity contribution in [3.8, 4) is 0 Å². The van der Waals surface area contributed by atoms with Crippen molar-refractivity contribution in [2.24, 2.45) is 0 Å². The van der Waals surface area contributed by atoms with Gasteiger partial charge in [0.1, 0.15) is 23.2 Å². The SMILES string of the molecule is CCC(C)[P+](c1ccccc1)(c1ccccc1)c1ccccc1.[Br-]. The van der Waals surface area contributed by atoms with Crippen LogP contribution in [0.3, 0.4) is 0 Å². The molecule has 0 saturated heterocycles. The molecular weight excluding hydrogens is 375 g/mol.